The van der Waals surface area contributed by atoms with E-state index in [1.54, 1.807) is 6.08 Å². The molecule has 0 radical (unpaired) electrons. The van der Waals surface area contributed by atoms with Crippen LogP contribution >= 0.6 is 0 Å². The fraction of sp³-hybridized carbons (Fsp3) is 0.806. The van der Waals surface area contributed by atoms with Gasteiger partial charge in [0.15, 0.2) is 18.0 Å². The van der Waals surface area contributed by atoms with Crippen molar-refractivity contribution in [2.45, 2.75) is 83.3 Å². The molecule has 2 unspecified atom stereocenters. The van der Waals surface area contributed by atoms with Gasteiger partial charge >= 0.3 is 11.9 Å². The van der Waals surface area contributed by atoms with Gasteiger partial charge in [0, 0.05) is 18.3 Å². The van der Waals surface area contributed by atoms with E-state index in [2.05, 4.69) is 16.6 Å². The highest BCUT2D eigenvalue weighted by Gasteiger charge is 2.70. The summed E-state index contributed by atoms with van der Waals surface area (Å²) in [7, 11) is 0. The Labute approximate surface area is 278 Å². The average Bonchev–Trinajstić information content (AvgIpc) is 3.31. The lowest BCUT2D eigenvalue weighted by Crippen LogP contribution is -2.63. The SMILES string of the molecule is C[C@]12CCC(=O)C=C1CCC1C3CC[C@](OC(=O)CCCON(O)O)(C(=O)COC(=O)COCCOCCON(O)O)[C@@]3(C)C[C@H](O)[C@@H]12. The fourth-order valence-electron chi connectivity index (χ4n) is 8.82. The van der Waals surface area contributed by atoms with Crippen molar-refractivity contribution < 1.29 is 73.7 Å². The second-order valence-corrected chi connectivity index (χ2v) is 13.4. The molecule has 48 heavy (non-hydrogen) atoms. The fourth-order valence-corrected chi connectivity index (χ4v) is 8.82. The first kappa shape index (κ1) is 38.4. The zero-order valence-corrected chi connectivity index (χ0v) is 27.4. The van der Waals surface area contributed by atoms with Gasteiger partial charge < -0.3 is 24.1 Å². The molecule has 0 spiro atoms. The Kier molecular flexibility index (Phi) is 13.2. The third-order valence-electron chi connectivity index (χ3n) is 10.9. The van der Waals surface area contributed by atoms with Crippen LogP contribution in [0.2, 0.25) is 0 Å². The number of ketones is 2. The first-order chi connectivity index (χ1) is 22.7. The van der Waals surface area contributed by atoms with Crippen LogP contribution in [-0.2, 0) is 47.8 Å². The maximum atomic E-state index is 14.1. The highest BCUT2D eigenvalue weighted by Crippen LogP contribution is 2.68. The minimum absolute atomic E-state index is 0.00474. The molecule has 17 heteroatoms. The van der Waals surface area contributed by atoms with Crippen LogP contribution in [0.25, 0.3) is 0 Å². The maximum Gasteiger partial charge on any atom is 0.332 e. The van der Waals surface area contributed by atoms with E-state index < -0.39 is 58.8 Å². The van der Waals surface area contributed by atoms with E-state index in [9.17, 15) is 24.3 Å². The van der Waals surface area contributed by atoms with Crippen LogP contribution in [0.15, 0.2) is 11.6 Å². The molecule has 0 aromatic heterocycles. The van der Waals surface area contributed by atoms with Crippen molar-refractivity contribution >= 4 is 23.5 Å². The van der Waals surface area contributed by atoms with E-state index in [0.717, 1.165) is 12.0 Å². The van der Waals surface area contributed by atoms with Gasteiger partial charge in [-0.1, -0.05) is 19.4 Å². The van der Waals surface area contributed by atoms with Crippen molar-refractivity contribution in [3.63, 3.8) is 0 Å². The Balaban J connectivity index is 1.44. The van der Waals surface area contributed by atoms with Gasteiger partial charge in [-0.3, -0.25) is 40.1 Å². The van der Waals surface area contributed by atoms with E-state index in [-0.39, 0.29) is 87.7 Å². The summed E-state index contributed by atoms with van der Waals surface area (Å²) in [5, 5.41) is 45.4. The summed E-state index contributed by atoms with van der Waals surface area (Å²) in [6.45, 7) is 2.59. The third kappa shape index (κ3) is 8.47. The summed E-state index contributed by atoms with van der Waals surface area (Å²) >= 11 is 0. The summed E-state index contributed by atoms with van der Waals surface area (Å²) < 4.78 is 21.7. The third-order valence-corrected chi connectivity index (χ3v) is 10.9. The number of ether oxygens (including phenoxy) is 4. The number of aliphatic hydroxyl groups is 1. The number of hydrogen-bond acceptors (Lipinski definition) is 17. The molecule has 0 aromatic carbocycles. The maximum absolute atomic E-state index is 14.1. The molecule has 4 aliphatic carbocycles. The zero-order valence-electron chi connectivity index (χ0n) is 27.4. The lowest BCUT2D eigenvalue weighted by atomic mass is 9.45. The number of Topliss-reactive ketones (excluding diaryl/α,β-unsaturated/α-hetero) is 1. The molecule has 0 saturated heterocycles. The molecule has 7 atom stereocenters. The van der Waals surface area contributed by atoms with Crippen molar-refractivity contribution in [3.8, 4) is 0 Å². The molecule has 0 amide bonds. The Morgan fingerprint density at radius 3 is 2.29 bits per heavy atom. The summed E-state index contributed by atoms with van der Waals surface area (Å²) in [5.74, 6) is -2.27. The van der Waals surface area contributed by atoms with Crippen LogP contribution in [0.3, 0.4) is 0 Å². The predicted octanol–water partition coefficient (Wildman–Crippen LogP) is 1.72. The van der Waals surface area contributed by atoms with Crippen LogP contribution < -0.4 is 0 Å². The number of carbonyl (C=O) groups excluding carboxylic acids is 4. The molecule has 0 heterocycles. The number of allylic oxidation sites excluding steroid dienone is 1. The highest BCUT2D eigenvalue weighted by atomic mass is 17.1. The predicted molar refractivity (Wildman–Crippen MR) is 156 cm³/mol. The van der Waals surface area contributed by atoms with Gasteiger partial charge in [0.25, 0.3) is 0 Å². The normalized spacial score (nSPS) is 32.8. The molecule has 3 saturated carbocycles. The molecule has 17 nitrogen and oxygen atoms in total. The minimum atomic E-state index is -1.70. The molecule has 272 valence electrons. The van der Waals surface area contributed by atoms with E-state index >= 15 is 0 Å². The average molecular weight is 689 g/mol. The van der Waals surface area contributed by atoms with Crippen LogP contribution in [0.5, 0.6) is 0 Å². The first-order valence-corrected chi connectivity index (χ1v) is 16.3. The van der Waals surface area contributed by atoms with E-state index in [1.807, 2.05) is 6.92 Å². The molecule has 4 aliphatic rings. The minimum Gasteiger partial charge on any atom is -0.456 e. The van der Waals surface area contributed by atoms with Gasteiger partial charge in [-0.15, -0.1) is 0 Å². The standard InChI is InChI=1S/C31H48N2O15/c1-29-9-7-21(34)16-20(29)5-6-22-23-8-10-31(30(23,2)17-24(35)28(22)29,48-26(37)4-3-11-46-32(39)40)25(36)18-45-27(38)19-44-13-12-43-14-15-47-33(41)42/h16,22-24,28,35,39-42H,3-15,17-19H2,1-2H3/t22?,23?,24-,28+,29-,30-,31-/m0/s1. The molecular formula is C31H48N2O15. The first-order valence-electron chi connectivity index (χ1n) is 16.3. The lowest BCUT2D eigenvalue weighted by molar-refractivity contribution is -0.493. The van der Waals surface area contributed by atoms with E-state index in [4.69, 9.17) is 39.8 Å². The van der Waals surface area contributed by atoms with Crippen LogP contribution in [0.1, 0.15) is 71.6 Å². The zero-order chi connectivity index (χ0) is 35.1. The second kappa shape index (κ2) is 16.5. The van der Waals surface area contributed by atoms with Gasteiger partial charge in [-0.05, 0) is 74.2 Å². The van der Waals surface area contributed by atoms with Crippen molar-refractivity contribution in [2.24, 2.45) is 28.6 Å². The Bertz CT molecular complexity index is 1200. The molecule has 0 bridgehead atoms. The van der Waals surface area contributed by atoms with E-state index in [0.29, 0.717) is 25.7 Å². The second-order valence-electron chi connectivity index (χ2n) is 13.4. The molecule has 4 rings (SSSR count). The lowest BCUT2D eigenvalue weighted by Gasteiger charge is -2.60. The molecule has 5 N–H and O–H groups in total. The summed E-state index contributed by atoms with van der Waals surface area (Å²) in [6.07, 6.45) is 4.12. The Morgan fingerprint density at radius 2 is 1.56 bits per heavy atom. The van der Waals surface area contributed by atoms with Crippen molar-refractivity contribution in [3.05, 3.63) is 11.6 Å². The Morgan fingerprint density at radius 1 is 0.875 bits per heavy atom. The van der Waals surface area contributed by atoms with Gasteiger partial charge in [0.2, 0.25) is 5.78 Å². The van der Waals surface area contributed by atoms with Gasteiger partial charge in [0.05, 0.1) is 49.9 Å². The number of fused-ring (bicyclic) bond motifs is 5. The molecule has 0 aromatic rings. The summed E-state index contributed by atoms with van der Waals surface area (Å²) in [4.78, 5) is 60.9. The van der Waals surface area contributed by atoms with Crippen LogP contribution in [0, 0.1) is 28.6 Å². The number of esters is 2. The summed E-state index contributed by atoms with van der Waals surface area (Å²) in [6, 6.07) is 0. The van der Waals surface area contributed by atoms with Crippen LogP contribution in [0.4, 0.5) is 0 Å². The van der Waals surface area contributed by atoms with E-state index in [1.165, 1.54) is 0 Å². The Hall–Kier alpha value is -2.42. The van der Waals surface area contributed by atoms with Gasteiger partial charge in [-0.25, -0.2) is 9.63 Å². The summed E-state index contributed by atoms with van der Waals surface area (Å²) in [5.41, 5.74) is -1.98. The van der Waals surface area contributed by atoms with Crippen LogP contribution in [-0.4, -0.2) is 118 Å². The van der Waals surface area contributed by atoms with Crippen molar-refractivity contribution in [2.75, 3.05) is 46.2 Å². The largest absolute Gasteiger partial charge is 0.456 e. The van der Waals surface area contributed by atoms with Gasteiger partial charge in [-0.2, -0.15) is 0 Å². The molecule has 3 fully saturated rings. The van der Waals surface area contributed by atoms with Gasteiger partial charge in [0.1, 0.15) is 6.61 Å². The number of rotatable bonds is 18. The molecular weight excluding hydrogens is 640 g/mol. The number of hydrogen-bond donors (Lipinski definition) is 5. The quantitative estimate of drug-likeness (QED) is 0.0784. The van der Waals surface area contributed by atoms with Crippen molar-refractivity contribution in [1.29, 1.82) is 0 Å². The van der Waals surface area contributed by atoms with Crippen molar-refractivity contribution in [1.82, 2.24) is 10.8 Å². The number of carbonyl (C=O) groups is 4. The highest BCUT2D eigenvalue weighted by molar-refractivity contribution is 5.93. The number of nitrogens with zero attached hydrogens (tertiary/aromatic N) is 2. The molecule has 0 aliphatic heterocycles. The topological polar surface area (TPSA) is 231 Å². The monoisotopic (exact) mass is 688 g/mol. The smallest absolute Gasteiger partial charge is 0.332 e. The number of aliphatic hydroxyl groups excluding tert-OH is 1.